The first kappa shape index (κ1) is 22.7. The number of nitrogens with zero attached hydrogens (tertiary/aromatic N) is 1. The zero-order chi connectivity index (χ0) is 23.2. The van der Waals surface area contributed by atoms with Crippen LogP contribution in [0, 0.1) is 0 Å². The average Bonchev–Trinajstić information content (AvgIpc) is 3.18. The van der Waals surface area contributed by atoms with Crippen molar-refractivity contribution in [2.45, 2.75) is 6.10 Å². The van der Waals surface area contributed by atoms with E-state index >= 15 is 0 Å². The molecule has 1 heterocycles. The van der Waals surface area contributed by atoms with Crippen LogP contribution in [0.25, 0.3) is 10.1 Å². The Kier molecular flexibility index (Phi) is 7.14. The summed E-state index contributed by atoms with van der Waals surface area (Å²) >= 11 is 7.67. The van der Waals surface area contributed by atoms with Gasteiger partial charge in [0, 0.05) is 22.8 Å². The minimum atomic E-state index is -0.800. The molecule has 1 amide bonds. The Labute approximate surface area is 199 Å². The molecule has 0 aliphatic carbocycles. The number of hydrazone groups is 1. The third-order valence-electron chi connectivity index (χ3n) is 4.80. The van der Waals surface area contributed by atoms with Gasteiger partial charge in [0.05, 0.1) is 11.2 Å². The van der Waals surface area contributed by atoms with Crippen LogP contribution in [-0.4, -0.2) is 25.2 Å². The van der Waals surface area contributed by atoms with E-state index in [1.54, 1.807) is 36.4 Å². The molecular weight excluding hydrogens is 460 g/mol. The van der Waals surface area contributed by atoms with Crippen LogP contribution >= 0.6 is 22.9 Å². The van der Waals surface area contributed by atoms with Gasteiger partial charge in [-0.05, 0) is 23.8 Å². The monoisotopic (exact) mass is 478 g/mol. The number of esters is 1. The standard InChI is InChI=1S/C25H19ClN2O4S/c1-31-22(16-9-3-2-4-10-16)24(29)28-27-15-17-11-5-7-13-19(17)32-25(30)23-21(26)18-12-6-8-14-20(18)33-23/h2-15,22H,1H3,(H,28,29)/b27-15-/t22-/m1/s1. The van der Waals surface area contributed by atoms with Crippen molar-refractivity contribution < 1.29 is 19.1 Å². The molecule has 0 saturated carbocycles. The lowest BCUT2D eigenvalue weighted by molar-refractivity contribution is -0.131. The van der Waals surface area contributed by atoms with Gasteiger partial charge in [0.15, 0.2) is 6.10 Å². The third kappa shape index (κ3) is 5.12. The van der Waals surface area contributed by atoms with E-state index in [-0.39, 0.29) is 0 Å². The smallest absolute Gasteiger partial charge is 0.355 e. The number of fused-ring (bicyclic) bond motifs is 1. The van der Waals surface area contributed by atoms with Crippen LogP contribution < -0.4 is 10.2 Å². The van der Waals surface area contributed by atoms with Crippen LogP contribution in [0.1, 0.15) is 26.9 Å². The second-order valence-corrected chi connectivity index (χ2v) is 8.36. The van der Waals surface area contributed by atoms with Gasteiger partial charge in [-0.1, -0.05) is 72.3 Å². The van der Waals surface area contributed by atoms with Crippen LogP contribution in [-0.2, 0) is 9.53 Å². The highest BCUT2D eigenvalue weighted by atomic mass is 35.5. The number of para-hydroxylation sites is 1. The van der Waals surface area contributed by atoms with Gasteiger partial charge in [0.25, 0.3) is 5.91 Å². The van der Waals surface area contributed by atoms with E-state index in [1.807, 2.05) is 42.5 Å². The van der Waals surface area contributed by atoms with Crippen LogP contribution in [0.3, 0.4) is 0 Å². The summed E-state index contributed by atoms with van der Waals surface area (Å²) in [7, 11) is 1.45. The number of rotatable bonds is 7. The Bertz CT molecular complexity index is 1320. The molecule has 3 aromatic carbocycles. The van der Waals surface area contributed by atoms with E-state index in [2.05, 4.69) is 10.5 Å². The molecule has 0 unspecified atom stereocenters. The quantitative estimate of drug-likeness (QED) is 0.162. The highest BCUT2D eigenvalue weighted by molar-refractivity contribution is 7.21. The summed E-state index contributed by atoms with van der Waals surface area (Å²) in [6, 6.07) is 23.5. The lowest BCUT2D eigenvalue weighted by Gasteiger charge is -2.13. The summed E-state index contributed by atoms with van der Waals surface area (Å²) in [4.78, 5) is 25.6. The Morgan fingerprint density at radius 2 is 1.70 bits per heavy atom. The first-order valence-corrected chi connectivity index (χ1v) is 11.2. The fourth-order valence-corrected chi connectivity index (χ4v) is 4.60. The predicted octanol–water partition coefficient (Wildman–Crippen LogP) is 5.61. The molecule has 8 heteroatoms. The maximum Gasteiger partial charge on any atom is 0.355 e. The fourth-order valence-electron chi connectivity index (χ4n) is 3.22. The molecule has 166 valence electrons. The fraction of sp³-hybridized carbons (Fsp3) is 0.0800. The van der Waals surface area contributed by atoms with E-state index in [9.17, 15) is 9.59 Å². The number of hydrogen-bond acceptors (Lipinski definition) is 6. The van der Waals surface area contributed by atoms with Gasteiger partial charge >= 0.3 is 5.97 Å². The molecule has 33 heavy (non-hydrogen) atoms. The van der Waals surface area contributed by atoms with Gasteiger partial charge in [-0.15, -0.1) is 11.3 Å². The third-order valence-corrected chi connectivity index (χ3v) is 6.45. The molecule has 0 bridgehead atoms. The number of carbonyl (C=O) groups excluding carboxylic acids is 2. The maximum absolute atomic E-state index is 12.8. The Hall–Kier alpha value is -3.52. The Balaban J connectivity index is 1.48. The van der Waals surface area contributed by atoms with Gasteiger partial charge < -0.3 is 9.47 Å². The summed E-state index contributed by atoms with van der Waals surface area (Å²) < 4.78 is 11.8. The number of ether oxygens (including phenoxy) is 2. The van der Waals surface area contributed by atoms with Crippen molar-refractivity contribution >= 4 is 51.1 Å². The van der Waals surface area contributed by atoms with Crippen LogP contribution in [0.2, 0.25) is 5.02 Å². The molecule has 6 nitrogen and oxygen atoms in total. The van der Waals surface area contributed by atoms with Crippen molar-refractivity contribution in [3.8, 4) is 5.75 Å². The van der Waals surface area contributed by atoms with E-state index in [0.29, 0.717) is 26.8 Å². The van der Waals surface area contributed by atoms with E-state index in [1.165, 1.54) is 24.7 Å². The van der Waals surface area contributed by atoms with E-state index < -0.39 is 18.0 Å². The number of nitrogens with one attached hydrogen (secondary N) is 1. The first-order valence-electron chi connectivity index (χ1n) is 9.97. The molecule has 1 N–H and O–H groups in total. The zero-order valence-corrected chi connectivity index (χ0v) is 19.1. The Morgan fingerprint density at radius 1 is 1.00 bits per heavy atom. The average molecular weight is 479 g/mol. The molecule has 4 rings (SSSR count). The lowest BCUT2D eigenvalue weighted by atomic mass is 10.1. The first-order chi connectivity index (χ1) is 16.1. The zero-order valence-electron chi connectivity index (χ0n) is 17.5. The summed E-state index contributed by atoms with van der Waals surface area (Å²) in [5.74, 6) is -0.693. The number of thiophene rings is 1. The summed E-state index contributed by atoms with van der Waals surface area (Å²) in [5, 5.41) is 5.18. The van der Waals surface area contributed by atoms with E-state index in [0.717, 1.165) is 10.1 Å². The normalized spacial score (nSPS) is 12.1. The second kappa shape index (κ2) is 10.4. The number of methoxy groups -OCH3 is 1. The molecule has 0 aliphatic rings. The molecule has 0 aliphatic heterocycles. The number of carbonyl (C=O) groups is 2. The molecule has 1 aromatic heterocycles. The summed E-state index contributed by atoms with van der Waals surface area (Å²) in [6.45, 7) is 0. The maximum atomic E-state index is 12.8. The van der Waals surface area contributed by atoms with Gasteiger partial charge in [0.1, 0.15) is 10.6 Å². The highest BCUT2D eigenvalue weighted by Crippen LogP contribution is 2.36. The number of hydrogen-bond donors (Lipinski definition) is 1. The van der Waals surface area contributed by atoms with Crippen LogP contribution in [0.5, 0.6) is 5.75 Å². The molecule has 1 atom stereocenters. The SMILES string of the molecule is CO[C@@H](C(=O)N/N=C\c1ccccc1OC(=O)c1sc2ccccc2c1Cl)c1ccccc1. The second-order valence-electron chi connectivity index (χ2n) is 6.93. The molecule has 0 saturated heterocycles. The Morgan fingerprint density at radius 3 is 2.45 bits per heavy atom. The lowest BCUT2D eigenvalue weighted by Crippen LogP contribution is -2.26. The molecule has 0 radical (unpaired) electrons. The van der Waals surface area contributed by atoms with Gasteiger partial charge in [-0.2, -0.15) is 5.10 Å². The molecule has 0 spiro atoms. The van der Waals surface area contributed by atoms with Crippen LogP contribution in [0.4, 0.5) is 0 Å². The topological polar surface area (TPSA) is 77.0 Å². The number of halogens is 1. The van der Waals surface area contributed by atoms with Gasteiger partial charge in [-0.25, -0.2) is 10.2 Å². The van der Waals surface area contributed by atoms with Gasteiger partial charge in [-0.3, -0.25) is 4.79 Å². The van der Waals surface area contributed by atoms with Gasteiger partial charge in [0.2, 0.25) is 0 Å². The van der Waals surface area contributed by atoms with Crippen molar-refractivity contribution in [2.75, 3.05) is 7.11 Å². The van der Waals surface area contributed by atoms with Crippen molar-refractivity contribution in [1.82, 2.24) is 5.43 Å². The van der Waals surface area contributed by atoms with Crippen LogP contribution in [0.15, 0.2) is 84.0 Å². The molecule has 4 aromatic rings. The molecule has 0 fully saturated rings. The predicted molar refractivity (Wildman–Crippen MR) is 130 cm³/mol. The summed E-state index contributed by atoms with van der Waals surface area (Å²) in [5.41, 5.74) is 3.69. The van der Waals surface area contributed by atoms with Crippen molar-refractivity contribution in [1.29, 1.82) is 0 Å². The number of amides is 1. The van der Waals surface area contributed by atoms with E-state index in [4.69, 9.17) is 21.1 Å². The summed E-state index contributed by atoms with van der Waals surface area (Å²) in [6.07, 6.45) is 0.608. The highest BCUT2D eigenvalue weighted by Gasteiger charge is 2.21. The van der Waals surface area contributed by atoms with Crippen molar-refractivity contribution in [3.63, 3.8) is 0 Å². The number of benzene rings is 3. The minimum Gasteiger partial charge on any atom is -0.422 e. The molecular formula is C25H19ClN2O4S. The van der Waals surface area contributed by atoms with Crippen molar-refractivity contribution in [3.05, 3.63) is 99.9 Å². The minimum absolute atomic E-state index is 0.292. The largest absolute Gasteiger partial charge is 0.422 e. The van der Waals surface area contributed by atoms with Crippen molar-refractivity contribution in [2.24, 2.45) is 5.10 Å².